The van der Waals surface area contributed by atoms with Crippen LogP contribution >= 0.6 is 11.8 Å². The number of epoxide rings is 1. The van der Waals surface area contributed by atoms with Gasteiger partial charge in [-0.1, -0.05) is 11.6 Å². The molecule has 1 aliphatic carbocycles. The summed E-state index contributed by atoms with van der Waals surface area (Å²) >= 11 is 5.72. The first-order valence-corrected chi connectivity index (χ1v) is 12.7. The zero-order chi connectivity index (χ0) is 22.9. The lowest BCUT2D eigenvalue weighted by molar-refractivity contribution is -0.171. The Bertz CT molecular complexity index is 684. The van der Waals surface area contributed by atoms with Crippen LogP contribution in [-0.2, 0) is 29.9 Å². The molecular weight excluding hydrogens is 430 g/mol. The molecule has 0 spiro atoms. The summed E-state index contributed by atoms with van der Waals surface area (Å²) in [4.78, 5) is 23.7. The summed E-state index contributed by atoms with van der Waals surface area (Å²) in [5, 5.41) is 11.7. The topological polar surface area (TPSA) is 88.6 Å². The van der Waals surface area contributed by atoms with Crippen LogP contribution in [0.5, 0.6) is 0 Å². The first kappa shape index (κ1) is 25.5. The van der Waals surface area contributed by atoms with Gasteiger partial charge >= 0.3 is 6.09 Å². The molecule has 0 aromatic carbocycles. The molecule has 2 fully saturated rings. The molecule has 2 amide bonds. The van der Waals surface area contributed by atoms with Gasteiger partial charge in [-0.2, -0.15) is 4.42 Å². The van der Waals surface area contributed by atoms with Crippen LogP contribution in [0.2, 0.25) is 0 Å². The highest BCUT2D eigenvalue weighted by molar-refractivity contribution is 7.95. The number of amides is 2. The van der Waals surface area contributed by atoms with E-state index in [4.69, 9.17) is 26.0 Å². The van der Waals surface area contributed by atoms with Crippen molar-refractivity contribution in [2.75, 3.05) is 25.4 Å². The highest BCUT2D eigenvalue weighted by atomic mass is 35.5. The van der Waals surface area contributed by atoms with E-state index in [0.29, 0.717) is 23.0 Å². The van der Waals surface area contributed by atoms with Crippen molar-refractivity contribution in [3.63, 3.8) is 0 Å². The van der Waals surface area contributed by atoms with E-state index in [9.17, 15) is 14.7 Å². The van der Waals surface area contributed by atoms with Gasteiger partial charge in [0.1, 0.15) is 29.2 Å². The van der Waals surface area contributed by atoms with Gasteiger partial charge in [0, 0.05) is 25.8 Å². The van der Waals surface area contributed by atoms with Gasteiger partial charge < -0.3 is 19.3 Å². The van der Waals surface area contributed by atoms with Crippen LogP contribution in [0.25, 0.3) is 0 Å². The molecule has 0 radical (unpaired) electrons. The standard InChI is InChI=1S/C21H35ClNO6S/c1-13(2)8-9-16-20(4,29-16)18-17(27-5)15(28-19(25)23(22)14(3)24)10-11-21(18,26)12-30(6)7/h8,15-18,26H,9-12H2,1-7H3/q+1. The van der Waals surface area contributed by atoms with Crippen LogP contribution < -0.4 is 0 Å². The monoisotopic (exact) mass is 464 g/mol. The van der Waals surface area contributed by atoms with Crippen LogP contribution in [0.1, 0.15) is 47.0 Å². The summed E-state index contributed by atoms with van der Waals surface area (Å²) in [6, 6.07) is 0. The van der Waals surface area contributed by atoms with Crippen molar-refractivity contribution in [2.45, 2.75) is 76.5 Å². The second-order valence-electron chi connectivity index (χ2n) is 8.98. The summed E-state index contributed by atoms with van der Waals surface area (Å²) in [7, 11) is 1.53. The molecule has 1 saturated heterocycles. The van der Waals surface area contributed by atoms with Crippen LogP contribution in [0, 0.1) is 5.92 Å². The van der Waals surface area contributed by atoms with Crippen molar-refractivity contribution in [3.05, 3.63) is 11.6 Å². The number of rotatable bonds is 7. The summed E-state index contributed by atoms with van der Waals surface area (Å²) in [6.07, 6.45) is 5.69. The fraction of sp³-hybridized carbons (Fsp3) is 0.810. The lowest BCUT2D eigenvalue weighted by Gasteiger charge is -2.48. The molecule has 0 aromatic rings. The SMILES string of the molecule is COC1C(OC(=O)N(Cl)C(C)=O)CCC(O)(C[S+](C)C)C1C1(C)OC1CC=C(C)C. The lowest BCUT2D eigenvalue weighted by atomic mass is 9.66. The molecule has 30 heavy (non-hydrogen) atoms. The predicted octanol–water partition coefficient (Wildman–Crippen LogP) is 3.04. The van der Waals surface area contributed by atoms with E-state index in [1.54, 1.807) is 7.11 Å². The van der Waals surface area contributed by atoms with E-state index in [1.807, 2.05) is 20.8 Å². The van der Waals surface area contributed by atoms with E-state index in [2.05, 4.69) is 18.6 Å². The van der Waals surface area contributed by atoms with Crippen molar-refractivity contribution in [3.8, 4) is 0 Å². The normalized spacial score (nSPS) is 35.7. The second kappa shape index (κ2) is 9.77. The minimum atomic E-state index is -1.01. The molecule has 9 heteroatoms. The van der Waals surface area contributed by atoms with Gasteiger partial charge in [0.2, 0.25) is 5.91 Å². The third kappa shape index (κ3) is 5.51. The number of hydrogen-bond acceptors (Lipinski definition) is 6. The molecule has 1 heterocycles. The number of carbonyl (C=O) groups is 2. The van der Waals surface area contributed by atoms with E-state index < -0.39 is 41.3 Å². The van der Waals surface area contributed by atoms with Gasteiger partial charge in [0.25, 0.3) is 0 Å². The van der Waals surface area contributed by atoms with Crippen molar-refractivity contribution in [1.29, 1.82) is 0 Å². The molecule has 1 N–H and O–H groups in total. The van der Waals surface area contributed by atoms with Crippen molar-refractivity contribution in [2.24, 2.45) is 5.92 Å². The fourth-order valence-corrected chi connectivity index (χ4v) is 6.01. The Kier molecular flexibility index (Phi) is 8.30. The zero-order valence-electron chi connectivity index (χ0n) is 18.9. The highest BCUT2D eigenvalue weighted by Gasteiger charge is 2.68. The van der Waals surface area contributed by atoms with E-state index in [-0.39, 0.29) is 17.0 Å². The Morgan fingerprint density at radius 2 is 1.97 bits per heavy atom. The summed E-state index contributed by atoms with van der Waals surface area (Å²) in [5.74, 6) is -0.408. The van der Waals surface area contributed by atoms with E-state index >= 15 is 0 Å². The summed E-state index contributed by atoms with van der Waals surface area (Å²) < 4.78 is 17.9. The van der Waals surface area contributed by atoms with Crippen LogP contribution in [0.4, 0.5) is 4.79 Å². The number of ether oxygens (including phenoxy) is 3. The third-order valence-electron chi connectivity index (χ3n) is 5.97. The lowest BCUT2D eigenvalue weighted by Crippen LogP contribution is -2.62. The van der Waals surface area contributed by atoms with Gasteiger partial charge in [0.15, 0.2) is 0 Å². The largest absolute Gasteiger partial charge is 0.442 e. The number of aliphatic hydroxyl groups is 1. The summed E-state index contributed by atoms with van der Waals surface area (Å²) in [5.41, 5.74) is -0.407. The molecule has 0 aromatic heterocycles. The maximum Gasteiger partial charge on any atom is 0.432 e. The third-order valence-corrected chi connectivity index (χ3v) is 7.42. The number of allylic oxidation sites excluding steroid dienone is 1. The first-order valence-electron chi connectivity index (χ1n) is 10.1. The molecule has 6 atom stereocenters. The quantitative estimate of drug-likeness (QED) is 0.269. The Morgan fingerprint density at radius 1 is 1.33 bits per heavy atom. The number of imide groups is 1. The zero-order valence-corrected chi connectivity index (χ0v) is 20.5. The van der Waals surface area contributed by atoms with Crippen molar-refractivity contribution < 1.29 is 28.9 Å². The molecule has 2 rings (SSSR count). The molecule has 172 valence electrons. The fourth-order valence-electron chi connectivity index (χ4n) is 4.64. The van der Waals surface area contributed by atoms with E-state index in [1.165, 1.54) is 12.5 Å². The van der Waals surface area contributed by atoms with Crippen molar-refractivity contribution in [1.82, 2.24) is 4.42 Å². The molecule has 7 nitrogen and oxygen atoms in total. The van der Waals surface area contributed by atoms with Gasteiger partial charge in [-0.25, -0.2) is 4.79 Å². The Morgan fingerprint density at radius 3 is 2.47 bits per heavy atom. The average Bonchev–Trinajstić information content (AvgIpc) is 3.30. The molecular formula is C21H35ClNO6S+. The molecule has 1 aliphatic heterocycles. The smallest absolute Gasteiger partial charge is 0.432 e. The first-order chi connectivity index (χ1) is 13.9. The number of halogens is 1. The summed E-state index contributed by atoms with van der Waals surface area (Å²) in [6.45, 7) is 7.25. The second-order valence-corrected chi connectivity index (χ2v) is 11.6. The Balaban J connectivity index is 2.31. The molecule has 2 aliphatic rings. The maximum absolute atomic E-state index is 12.3. The van der Waals surface area contributed by atoms with Crippen LogP contribution in [-0.4, -0.2) is 76.4 Å². The number of hydrogen-bond donors (Lipinski definition) is 1. The van der Waals surface area contributed by atoms with Crippen LogP contribution in [0.15, 0.2) is 11.6 Å². The molecule has 1 saturated carbocycles. The number of methoxy groups -OCH3 is 1. The number of nitrogens with zero attached hydrogens (tertiary/aromatic N) is 1. The average molecular weight is 465 g/mol. The highest BCUT2D eigenvalue weighted by Crippen LogP contribution is 2.55. The predicted molar refractivity (Wildman–Crippen MR) is 119 cm³/mol. The Labute approximate surface area is 187 Å². The minimum Gasteiger partial charge on any atom is -0.442 e. The van der Waals surface area contributed by atoms with Crippen LogP contribution in [0.3, 0.4) is 0 Å². The Hall–Kier alpha value is -0.800. The number of carbonyl (C=O) groups excluding carboxylic acids is 2. The van der Waals surface area contributed by atoms with Crippen molar-refractivity contribution >= 4 is 34.7 Å². The molecule has 0 bridgehead atoms. The van der Waals surface area contributed by atoms with Gasteiger partial charge in [-0.15, -0.1) is 0 Å². The van der Waals surface area contributed by atoms with Gasteiger partial charge in [0.05, 0.1) is 24.5 Å². The van der Waals surface area contributed by atoms with E-state index in [0.717, 1.165) is 6.42 Å². The van der Waals surface area contributed by atoms with Gasteiger partial charge in [-0.05, 0) is 50.9 Å². The van der Waals surface area contributed by atoms with Gasteiger partial charge in [-0.3, -0.25) is 4.79 Å². The molecule has 6 unspecified atom stereocenters. The minimum absolute atomic E-state index is 0.00971. The maximum atomic E-state index is 12.3.